The Hall–Kier alpha value is -2.85. The van der Waals surface area contributed by atoms with E-state index < -0.39 is 35.1 Å². The molecule has 1 aliphatic rings. The van der Waals surface area contributed by atoms with Gasteiger partial charge in [0.2, 0.25) is 0 Å². The summed E-state index contributed by atoms with van der Waals surface area (Å²) in [7, 11) is -5.90. The van der Waals surface area contributed by atoms with Gasteiger partial charge in [-0.3, -0.25) is 0 Å². The van der Waals surface area contributed by atoms with E-state index in [1.807, 2.05) is 6.92 Å². The van der Waals surface area contributed by atoms with E-state index in [1.54, 1.807) is 0 Å². The Bertz CT molecular complexity index is 1390. The third-order valence-corrected chi connectivity index (χ3v) is 19.2. The second-order valence-electron chi connectivity index (χ2n) is 14.1. The smallest absolute Gasteiger partial charge is 0.261 e. The zero-order chi connectivity index (χ0) is 31.6. The Morgan fingerprint density at radius 3 is 1.20 bits per heavy atom. The third-order valence-electron chi connectivity index (χ3n) is 9.11. The number of ether oxygens (including phenoxy) is 1. The van der Waals surface area contributed by atoms with Crippen LogP contribution in [0.25, 0.3) is 0 Å². The molecule has 0 saturated carbocycles. The van der Waals surface area contributed by atoms with Crippen LogP contribution < -0.4 is 20.7 Å². The largest absolute Gasteiger partial charge is 0.402 e. The third kappa shape index (κ3) is 6.04. The van der Waals surface area contributed by atoms with Crippen LogP contribution in [0, 0.1) is 0 Å². The summed E-state index contributed by atoms with van der Waals surface area (Å²) in [5, 5.41) is 15.5. The molecule has 0 unspecified atom stereocenters. The fourth-order valence-electron chi connectivity index (χ4n) is 7.12. The first-order chi connectivity index (χ1) is 20.9. The highest BCUT2D eigenvalue weighted by atomic mass is 28.4. The van der Waals surface area contributed by atoms with Gasteiger partial charge in [0.1, 0.15) is 0 Å². The molecule has 0 radical (unpaired) electrons. The number of benzene rings is 4. The van der Waals surface area contributed by atoms with Crippen molar-refractivity contribution in [1.82, 2.24) is 0 Å². The number of aliphatic hydroxyl groups excluding tert-OH is 1. The van der Waals surface area contributed by atoms with Crippen LogP contribution in [0.4, 0.5) is 0 Å². The lowest BCUT2D eigenvalue weighted by Gasteiger charge is -2.52. The van der Waals surface area contributed by atoms with Crippen LogP contribution in [0.1, 0.15) is 54.9 Å². The van der Waals surface area contributed by atoms with Gasteiger partial charge < -0.3 is 18.7 Å². The van der Waals surface area contributed by atoms with Crippen molar-refractivity contribution in [1.29, 1.82) is 0 Å². The Labute approximate surface area is 266 Å². The Kier molecular flexibility index (Phi) is 9.52. The zero-order valence-electron chi connectivity index (χ0n) is 27.2. The summed E-state index contributed by atoms with van der Waals surface area (Å²) in [6, 6.07) is 42.8. The van der Waals surface area contributed by atoms with E-state index in [0.29, 0.717) is 6.42 Å². The van der Waals surface area contributed by atoms with Gasteiger partial charge in [0.05, 0.1) is 18.3 Å². The molecule has 0 bridgehead atoms. The minimum absolute atomic E-state index is 0.215. The molecule has 1 heterocycles. The molecule has 4 aromatic carbocycles. The van der Waals surface area contributed by atoms with Crippen molar-refractivity contribution in [3.63, 3.8) is 0 Å². The molecule has 4 nitrogen and oxygen atoms in total. The van der Waals surface area contributed by atoms with Gasteiger partial charge in [-0.25, -0.2) is 0 Å². The highest BCUT2D eigenvalue weighted by Crippen LogP contribution is 2.43. The first-order valence-corrected chi connectivity index (χ1v) is 19.6. The fraction of sp³-hybridized carbons (Fsp3) is 0.368. The SMILES string of the molecule is C[C@H]1O[C@H](O)C[C@@H](O[Si](c2ccccc2)(c2ccccc2)C(C)(C)C)[C@@H]1O[Si](c1ccccc1)(c1ccccc1)C(C)(C)C. The van der Waals surface area contributed by atoms with Crippen LogP contribution in [0.3, 0.4) is 0 Å². The summed E-state index contributed by atoms with van der Waals surface area (Å²) in [5.41, 5.74) is 0. The van der Waals surface area contributed by atoms with Crippen molar-refractivity contribution < 1.29 is 18.7 Å². The summed E-state index contributed by atoms with van der Waals surface area (Å²) in [4.78, 5) is 0. The maximum atomic E-state index is 11.1. The maximum absolute atomic E-state index is 11.1. The van der Waals surface area contributed by atoms with E-state index in [9.17, 15) is 5.11 Å². The highest BCUT2D eigenvalue weighted by molar-refractivity contribution is 7.00. The standard InChI is InChI=1S/C38H48O4Si2/c1-29-36(42-44(38(5,6)7,32-24-16-10-17-25-32)33-26-18-11-19-27-33)34(28-35(39)40-29)41-43(37(2,3)4,30-20-12-8-13-21-30)31-22-14-9-15-23-31/h8-27,29,34-36,39H,28H2,1-7H3/t29-,34-,35+,36-/m1/s1. The molecule has 5 rings (SSSR count). The Balaban J connectivity index is 1.70. The van der Waals surface area contributed by atoms with Gasteiger partial charge in [-0.15, -0.1) is 0 Å². The molecular formula is C38H48O4Si2. The van der Waals surface area contributed by atoms with Crippen molar-refractivity contribution >= 4 is 37.4 Å². The van der Waals surface area contributed by atoms with Gasteiger partial charge >= 0.3 is 0 Å². The molecule has 1 fully saturated rings. The van der Waals surface area contributed by atoms with Crippen LogP contribution in [-0.4, -0.2) is 46.3 Å². The van der Waals surface area contributed by atoms with Crippen LogP contribution in [0.2, 0.25) is 10.1 Å². The normalized spacial score (nSPS) is 21.6. The summed E-state index contributed by atoms with van der Waals surface area (Å²) < 4.78 is 21.6. The lowest BCUT2D eigenvalue weighted by molar-refractivity contribution is -0.219. The molecule has 6 heteroatoms. The van der Waals surface area contributed by atoms with Gasteiger partial charge in [0, 0.05) is 6.42 Å². The highest BCUT2D eigenvalue weighted by Gasteiger charge is 2.57. The molecule has 0 aliphatic carbocycles. The van der Waals surface area contributed by atoms with Crippen molar-refractivity contribution in [3.8, 4) is 0 Å². The molecule has 0 aromatic heterocycles. The van der Waals surface area contributed by atoms with Crippen LogP contribution in [0.5, 0.6) is 0 Å². The van der Waals surface area contributed by atoms with Crippen LogP contribution in [-0.2, 0) is 13.6 Å². The van der Waals surface area contributed by atoms with Crippen molar-refractivity contribution in [2.24, 2.45) is 0 Å². The minimum atomic E-state index is -2.95. The lowest BCUT2D eigenvalue weighted by Crippen LogP contribution is -2.73. The van der Waals surface area contributed by atoms with Crippen molar-refractivity contribution in [2.75, 3.05) is 0 Å². The first kappa shape index (κ1) is 32.5. The lowest BCUT2D eigenvalue weighted by atomic mass is 10.0. The number of rotatable bonds is 8. The summed E-state index contributed by atoms with van der Waals surface area (Å²) >= 11 is 0. The average molecular weight is 625 g/mol. The molecule has 1 aliphatic heterocycles. The maximum Gasteiger partial charge on any atom is 0.261 e. The van der Waals surface area contributed by atoms with E-state index in [-0.39, 0.29) is 16.2 Å². The van der Waals surface area contributed by atoms with Crippen molar-refractivity contribution in [3.05, 3.63) is 121 Å². The van der Waals surface area contributed by atoms with Crippen LogP contribution >= 0.6 is 0 Å². The predicted molar refractivity (Wildman–Crippen MR) is 186 cm³/mol. The van der Waals surface area contributed by atoms with Gasteiger partial charge in [-0.1, -0.05) is 163 Å². The van der Waals surface area contributed by atoms with Gasteiger partial charge in [-0.05, 0) is 37.7 Å². The molecule has 0 spiro atoms. The van der Waals surface area contributed by atoms with E-state index in [0.717, 1.165) is 0 Å². The van der Waals surface area contributed by atoms with E-state index >= 15 is 0 Å². The molecule has 0 amide bonds. The van der Waals surface area contributed by atoms with Crippen molar-refractivity contribution in [2.45, 2.75) is 89.6 Å². The minimum Gasteiger partial charge on any atom is -0.402 e. The Morgan fingerprint density at radius 1 is 0.568 bits per heavy atom. The quantitative estimate of drug-likeness (QED) is 0.244. The van der Waals surface area contributed by atoms with Crippen LogP contribution in [0.15, 0.2) is 121 Å². The van der Waals surface area contributed by atoms with E-state index in [4.69, 9.17) is 13.6 Å². The molecule has 1 saturated heterocycles. The number of hydrogen-bond donors (Lipinski definition) is 1. The zero-order valence-corrected chi connectivity index (χ0v) is 29.2. The average Bonchev–Trinajstić information content (AvgIpc) is 3.00. The molecule has 44 heavy (non-hydrogen) atoms. The summed E-state index contributed by atoms with van der Waals surface area (Å²) in [5.74, 6) is 0. The van der Waals surface area contributed by atoms with Gasteiger partial charge in [0.15, 0.2) is 6.29 Å². The monoisotopic (exact) mass is 624 g/mol. The number of hydrogen-bond acceptors (Lipinski definition) is 4. The predicted octanol–water partition coefficient (Wildman–Crippen LogP) is 6.00. The fourth-order valence-corrected chi connectivity index (χ4v) is 16.6. The second kappa shape index (κ2) is 12.9. The molecule has 1 N–H and O–H groups in total. The second-order valence-corrected chi connectivity index (χ2v) is 22.6. The summed E-state index contributed by atoms with van der Waals surface area (Å²) in [6.45, 7) is 15.8. The molecule has 4 atom stereocenters. The molecular weight excluding hydrogens is 577 g/mol. The Morgan fingerprint density at radius 2 is 0.886 bits per heavy atom. The van der Waals surface area contributed by atoms with Gasteiger partial charge in [0.25, 0.3) is 16.6 Å². The number of aliphatic hydroxyl groups is 1. The van der Waals surface area contributed by atoms with E-state index in [1.165, 1.54) is 20.7 Å². The molecule has 4 aromatic rings. The first-order valence-electron chi connectivity index (χ1n) is 15.8. The molecule has 232 valence electrons. The van der Waals surface area contributed by atoms with Gasteiger partial charge in [-0.2, -0.15) is 0 Å². The van der Waals surface area contributed by atoms with E-state index in [2.05, 4.69) is 163 Å². The topological polar surface area (TPSA) is 47.9 Å². The summed E-state index contributed by atoms with van der Waals surface area (Å²) in [6.07, 6.45) is -1.80.